The molecule has 43 heavy (non-hydrogen) atoms. The van der Waals surface area contributed by atoms with E-state index in [1.54, 1.807) is 6.20 Å². The summed E-state index contributed by atoms with van der Waals surface area (Å²) in [5.41, 5.74) is 10.1. The van der Waals surface area contributed by atoms with Crippen molar-refractivity contribution in [2.45, 2.75) is 0 Å². The quantitative estimate of drug-likeness (QED) is 0.189. The molecule has 0 aliphatic heterocycles. The third-order valence-electron chi connectivity index (χ3n) is 7.06. The van der Waals surface area contributed by atoms with Crippen molar-refractivity contribution in [2.75, 3.05) is 0 Å². The normalized spacial score (nSPS) is 10.6. The summed E-state index contributed by atoms with van der Waals surface area (Å²) in [5.74, 6) is 0.748. The summed E-state index contributed by atoms with van der Waals surface area (Å²) in [6.07, 6.45) is 3.62. The van der Waals surface area contributed by atoms with Crippen LogP contribution in [0.25, 0.3) is 67.1 Å². The Labute approximate surface area is 262 Å². The zero-order valence-electron chi connectivity index (χ0n) is 23.4. The van der Waals surface area contributed by atoms with Crippen LogP contribution < -0.4 is 9.97 Å². The van der Waals surface area contributed by atoms with Crippen LogP contribution in [0.15, 0.2) is 152 Å². The van der Waals surface area contributed by atoms with E-state index in [9.17, 15) is 0 Å². The van der Waals surface area contributed by atoms with E-state index >= 15 is 0 Å². The minimum absolute atomic E-state index is 0. The Kier molecular flexibility index (Phi) is 8.30. The second kappa shape index (κ2) is 12.8. The molecule has 0 radical (unpaired) electrons. The van der Waals surface area contributed by atoms with Gasteiger partial charge in [-0.2, -0.15) is 0 Å². The first-order chi connectivity index (χ1) is 20.8. The maximum atomic E-state index is 4.74. The summed E-state index contributed by atoms with van der Waals surface area (Å²) >= 11 is 0. The molecule has 0 unspecified atom stereocenters. The molecule has 0 saturated heterocycles. The van der Waals surface area contributed by atoms with Crippen LogP contribution >= 0.6 is 0 Å². The number of fused-ring (bicyclic) bond motifs is 2. The molecule has 0 fully saturated rings. The van der Waals surface area contributed by atoms with Crippen LogP contribution in [0.3, 0.4) is 0 Å². The Morgan fingerprint density at radius 2 is 0.977 bits per heavy atom. The van der Waals surface area contributed by atoms with E-state index < -0.39 is 0 Å². The summed E-state index contributed by atoms with van der Waals surface area (Å²) in [6.45, 7) is 0. The maximum absolute atomic E-state index is 4.74. The minimum atomic E-state index is 0. The van der Waals surface area contributed by atoms with Gasteiger partial charge in [-0.3, -0.25) is 9.97 Å². The van der Waals surface area contributed by atoms with E-state index in [1.165, 1.54) is 5.39 Å². The predicted octanol–water partition coefficient (Wildman–Crippen LogP) is 8.44. The van der Waals surface area contributed by atoms with Gasteiger partial charge in [-0.1, -0.05) is 121 Å². The molecular formula is C37H25N5Zn. The molecule has 0 N–H and O–H groups in total. The first-order valence-corrected chi connectivity index (χ1v) is 13.8. The van der Waals surface area contributed by atoms with E-state index in [4.69, 9.17) is 4.98 Å². The van der Waals surface area contributed by atoms with Crippen LogP contribution in [0.1, 0.15) is 0 Å². The Hall–Kier alpha value is -5.19. The molecule has 0 saturated carbocycles. The second-order valence-corrected chi connectivity index (χ2v) is 9.76. The molecule has 200 valence electrons. The van der Waals surface area contributed by atoms with Crippen LogP contribution in [0.2, 0.25) is 0 Å². The zero-order chi connectivity index (χ0) is 28.1. The standard InChI is InChI=1S/C19H13N2.C18H12N3.Zn/c1-4-10-17-14(7-1)13-19(21-17)16-9-3-2-8-15(16)18-11-5-6-12-20-18;1-2-8-14(13(7-1)15-9-5-6-12-19-15)18-20-16-10-3-4-11-17(16)21-18;/h1-13H;1-12H;/q2*-1;+2. The molecule has 4 aromatic heterocycles. The predicted molar refractivity (Wildman–Crippen MR) is 170 cm³/mol. The summed E-state index contributed by atoms with van der Waals surface area (Å²) in [4.78, 5) is 22.9. The van der Waals surface area contributed by atoms with Gasteiger partial charge < -0.3 is 15.0 Å². The van der Waals surface area contributed by atoms with Gasteiger partial charge in [0.2, 0.25) is 0 Å². The smallest absolute Gasteiger partial charge is 0.657 e. The molecule has 0 atom stereocenters. The van der Waals surface area contributed by atoms with Gasteiger partial charge >= 0.3 is 19.5 Å². The van der Waals surface area contributed by atoms with Crippen molar-refractivity contribution in [2.24, 2.45) is 0 Å². The monoisotopic (exact) mass is 603 g/mol. The van der Waals surface area contributed by atoms with Crippen LogP contribution in [-0.2, 0) is 19.5 Å². The summed E-state index contributed by atoms with van der Waals surface area (Å²) < 4.78 is 0. The summed E-state index contributed by atoms with van der Waals surface area (Å²) in [7, 11) is 0. The average molecular weight is 605 g/mol. The van der Waals surface area contributed by atoms with Gasteiger partial charge in [-0.05, 0) is 51.8 Å². The number of para-hydroxylation sites is 3. The minimum Gasteiger partial charge on any atom is -0.657 e. The van der Waals surface area contributed by atoms with Gasteiger partial charge in [0, 0.05) is 23.5 Å². The van der Waals surface area contributed by atoms with Gasteiger partial charge in [0.15, 0.2) is 0 Å². The van der Waals surface area contributed by atoms with Crippen LogP contribution in [0.4, 0.5) is 0 Å². The zero-order valence-corrected chi connectivity index (χ0v) is 26.3. The number of benzene rings is 4. The Bertz CT molecular complexity index is 1880. The first-order valence-electron chi connectivity index (χ1n) is 13.8. The van der Waals surface area contributed by atoms with Crippen molar-refractivity contribution in [3.63, 3.8) is 0 Å². The Balaban J connectivity index is 0.000000150. The van der Waals surface area contributed by atoms with Crippen molar-refractivity contribution in [1.29, 1.82) is 0 Å². The van der Waals surface area contributed by atoms with Gasteiger partial charge in [0.1, 0.15) is 0 Å². The fourth-order valence-corrected chi connectivity index (χ4v) is 5.06. The molecule has 6 heteroatoms. The summed E-state index contributed by atoms with van der Waals surface area (Å²) in [5, 5.41) is 1.17. The van der Waals surface area contributed by atoms with E-state index in [2.05, 4.69) is 50.3 Å². The molecular weight excluding hydrogens is 580 g/mol. The number of pyridine rings is 2. The third-order valence-corrected chi connectivity index (χ3v) is 7.06. The molecule has 0 aliphatic carbocycles. The van der Waals surface area contributed by atoms with E-state index in [0.29, 0.717) is 0 Å². The SMILES string of the molecule is [Zn+2].c1ccc(-c2ccccc2-c2cc3ccccc3[n-]2)nc1.c1ccc(-c2ccccc2-c2nc3ccccc3[n-]2)nc1. The third kappa shape index (κ3) is 5.92. The van der Waals surface area contributed by atoms with Gasteiger partial charge in [0.05, 0.1) is 11.4 Å². The van der Waals surface area contributed by atoms with Gasteiger partial charge in [-0.25, -0.2) is 0 Å². The van der Waals surface area contributed by atoms with Crippen molar-refractivity contribution in [3.8, 4) is 45.2 Å². The molecule has 4 aromatic carbocycles. The second-order valence-electron chi connectivity index (χ2n) is 9.76. The average Bonchev–Trinajstić information content (AvgIpc) is 3.71. The van der Waals surface area contributed by atoms with Crippen molar-refractivity contribution >= 4 is 21.9 Å². The Morgan fingerprint density at radius 1 is 0.442 bits per heavy atom. The molecule has 8 rings (SSSR count). The van der Waals surface area contributed by atoms with E-state index in [-0.39, 0.29) is 19.5 Å². The fraction of sp³-hybridized carbons (Fsp3) is 0. The van der Waals surface area contributed by atoms with Crippen molar-refractivity contribution in [1.82, 2.24) is 24.9 Å². The molecule has 4 heterocycles. The van der Waals surface area contributed by atoms with E-state index in [0.717, 1.165) is 61.7 Å². The molecule has 5 nitrogen and oxygen atoms in total. The molecule has 8 aromatic rings. The van der Waals surface area contributed by atoms with Crippen LogP contribution in [0, 0.1) is 0 Å². The van der Waals surface area contributed by atoms with Gasteiger partial charge in [-0.15, -0.1) is 11.2 Å². The molecule has 0 bridgehead atoms. The number of hydrogen-bond acceptors (Lipinski definition) is 3. The molecule has 0 aliphatic rings. The van der Waals surface area contributed by atoms with Crippen molar-refractivity contribution < 1.29 is 19.5 Å². The number of aromatic nitrogens is 5. The summed E-state index contributed by atoms with van der Waals surface area (Å²) in [6, 6.07) is 46.5. The van der Waals surface area contributed by atoms with E-state index in [1.807, 2.05) is 115 Å². The number of hydrogen-bond donors (Lipinski definition) is 0. The molecule has 0 amide bonds. The topological polar surface area (TPSA) is 66.9 Å². The Morgan fingerprint density at radius 3 is 1.60 bits per heavy atom. The largest absolute Gasteiger partial charge is 2.00 e. The van der Waals surface area contributed by atoms with Gasteiger partial charge in [0.25, 0.3) is 0 Å². The van der Waals surface area contributed by atoms with Crippen LogP contribution in [0.5, 0.6) is 0 Å². The number of nitrogens with zero attached hydrogens (tertiary/aromatic N) is 5. The fourth-order valence-electron chi connectivity index (χ4n) is 5.06. The van der Waals surface area contributed by atoms with Crippen molar-refractivity contribution in [3.05, 3.63) is 152 Å². The molecule has 0 spiro atoms. The number of rotatable bonds is 4. The number of imidazole rings is 1. The van der Waals surface area contributed by atoms with Crippen LogP contribution in [-0.4, -0.2) is 15.0 Å². The first kappa shape index (κ1) is 28.0. The maximum Gasteiger partial charge on any atom is 2.00 e.